The molecule has 26 heavy (non-hydrogen) atoms. The van der Waals surface area contributed by atoms with E-state index >= 15 is 0 Å². The minimum absolute atomic E-state index is 0.426. The van der Waals surface area contributed by atoms with Gasteiger partial charge in [-0.05, 0) is 68.6 Å². The summed E-state index contributed by atoms with van der Waals surface area (Å²) in [5, 5.41) is 0. The Kier molecular flexibility index (Phi) is 5.45. The molecule has 0 radical (unpaired) electrons. The first kappa shape index (κ1) is 17.4. The molecule has 2 aromatic carbocycles. The molecule has 0 amide bonds. The minimum atomic E-state index is 0.426. The zero-order valence-electron chi connectivity index (χ0n) is 15.7. The summed E-state index contributed by atoms with van der Waals surface area (Å²) in [5.74, 6) is 2.41. The van der Waals surface area contributed by atoms with Crippen molar-refractivity contribution in [3.8, 4) is 11.5 Å². The quantitative estimate of drug-likeness (QED) is 0.782. The van der Waals surface area contributed by atoms with E-state index in [9.17, 15) is 0 Å². The van der Waals surface area contributed by atoms with Crippen LogP contribution in [0.25, 0.3) is 0 Å². The van der Waals surface area contributed by atoms with Crippen LogP contribution in [-0.2, 0) is 6.42 Å². The lowest BCUT2D eigenvalue weighted by molar-refractivity contribution is 0.153. The number of likely N-dealkylation sites (tertiary alicyclic amines) is 1. The van der Waals surface area contributed by atoms with E-state index in [2.05, 4.69) is 54.4 Å². The molecule has 3 nitrogen and oxygen atoms in total. The highest BCUT2D eigenvalue weighted by Gasteiger charge is 2.22. The van der Waals surface area contributed by atoms with Crippen LogP contribution in [0, 0.1) is 0 Å². The zero-order valence-corrected chi connectivity index (χ0v) is 15.7. The van der Waals surface area contributed by atoms with Crippen molar-refractivity contribution < 1.29 is 9.47 Å². The average molecular weight is 351 g/mol. The number of hydrogen-bond acceptors (Lipinski definition) is 3. The van der Waals surface area contributed by atoms with Gasteiger partial charge in [0.2, 0.25) is 0 Å². The predicted molar refractivity (Wildman–Crippen MR) is 105 cm³/mol. The molecule has 2 unspecified atom stereocenters. The highest BCUT2D eigenvalue weighted by Crippen LogP contribution is 2.34. The molecule has 0 N–H and O–H groups in total. The summed E-state index contributed by atoms with van der Waals surface area (Å²) in [5.41, 5.74) is 2.61. The molecule has 1 saturated heterocycles. The molecule has 2 aliphatic rings. The summed E-state index contributed by atoms with van der Waals surface area (Å²) in [6, 6.07) is 17.6. The molecule has 2 aliphatic heterocycles. The predicted octanol–water partition coefficient (Wildman–Crippen LogP) is 4.66. The van der Waals surface area contributed by atoms with E-state index in [1.54, 1.807) is 0 Å². The van der Waals surface area contributed by atoms with Crippen LogP contribution in [0.3, 0.4) is 0 Å². The van der Waals surface area contributed by atoms with Gasteiger partial charge in [0, 0.05) is 12.0 Å². The van der Waals surface area contributed by atoms with Crippen LogP contribution in [0.2, 0.25) is 0 Å². The van der Waals surface area contributed by atoms with Crippen molar-refractivity contribution in [3.63, 3.8) is 0 Å². The lowest BCUT2D eigenvalue weighted by atomic mass is 9.90. The van der Waals surface area contributed by atoms with Crippen molar-refractivity contribution in [1.82, 2.24) is 4.90 Å². The molecule has 0 aliphatic carbocycles. The van der Waals surface area contributed by atoms with Gasteiger partial charge in [-0.3, -0.25) is 0 Å². The smallest absolute Gasteiger partial charge is 0.122 e. The SMILES string of the molecule is CN1CCCCC1CCOc1ccc2c(c1)CC(c1ccccc1)CO2. The molecule has 0 saturated carbocycles. The Morgan fingerprint density at radius 2 is 2.00 bits per heavy atom. The van der Waals surface area contributed by atoms with Crippen LogP contribution in [0.15, 0.2) is 48.5 Å². The van der Waals surface area contributed by atoms with Gasteiger partial charge in [0.25, 0.3) is 0 Å². The lowest BCUT2D eigenvalue weighted by Crippen LogP contribution is -2.37. The number of hydrogen-bond donors (Lipinski definition) is 0. The van der Waals surface area contributed by atoms with Gasteiger partial charge in [0.1, 0.15) is 11.5 Å². The standard InChI is InChI=1S/C23H29NO2/c1-24-13-6-5-9-21(24)12-14-25-22-10-11-23-19(16-22)15-20(17-26-23)18-7-3-2-4-8-18/h2-4,7-8,10-11,16,20-21H,5-6,9,12-15,17H2,1H3. The lowest BCUT2D eigenvalue weighted by Gasteiger charge is -2.32. The highest BCUT2D eigenvalue weighted by atomic mass is 16.5. The minimum Gasteiger partial charge on any atom is -0.494 e. The van der Waals surface area contributed by atoms with Crippen LogP contribution in [0.1, 0.15) is 42.7 Å². The van der Waals surface area contributed by atoms with Crippen LogP contribution in [-0.4, -0.2) is 37.7 Å². The summed E-state index contributed by atoms with van der Waals surface area (Å²) in [6.45, 7) is 2.77. The summed E-state index contributed by atoms with van der Waals surface area (Å²) in [6.07, 6.45) is 6.11. The monoisotopic (exact) mass is 351 g/mol. The number of nitrogens with zero attached hydrogens (tertiary/aromatic N) is 1. The van der Waals surface area contributed by atoms with Gasteiger partial charge in [-0.15, -0.1) is 0 Å². The third kappa shape index (κ3) is 4.04. The van der Waals surface area contributed by atoms with Crippen LogP contribution < -0.4 is 9.47 Å². The van der Waals surface area contributed by atoms with Crippen molar-refractivity contribution in [2.45, 2.75) is 44.1 Å². The van der Waals surface area contributed by atoms with Gasteiger partial charge in [-0.2, -0.15) is 0 Å². The number of fused-ring (bicyclic) bond motifs is 1. The number of benzene rings is 2. The largest absolute Gasteiger partial charge is 0.494 e. The number of rotatable bonds is 5. The van der Waals surface area contributed by atoms with Gasteiger partial charge < -0.3 is 14.4 Å². The fourth-order valence-electron chi connectivity index (χ4n) is 4.22. The van der Waals surface area contributed by atoms with Crippen molar-refractivity contribution in [2.75, 3.05) is 26.8 Å². The molecule has 0 spiro atoms. The van der Waals surface area contributed by atoms with Gasteiger partial charge in [-0.25, -0.2) is 0 Å². The molecule has 4 rings (SSSR count). The van der Waals surface area contributed by atoms with Crippen molar-refractivity contribution in [3.05, 3.63) is 59.7 Å². The zero-order chi connectivity index (χ0) is 17.8. The first-order valence-electron chi connectivity index (χ1n) is 9.93. The van der Waals surface area contributed by atoms with E-state index in [1.165, 1.54) is 36.9 Å². The molecule has 0 aromatic heterocycles. The molecule has 1 fully saturated rings. The van der Waals surface area contributed by atoms with Crippen LogP contribution >= 0.6 is 0 Å². The fourth-order valence-corrected chi connectivity index (χ4v) is 4.22. The van der Waals surface area contributed by atoms with Crippen LogP contribution in [0.4, 0.5) is 0 Å². The topological polar surface area (TPSA) is 21.7 Å². The first-order chi connectivity index (χ1) is 12.8. The van der Waals surface area contributed by atoms with E-state index in [4.69, 9.17) is 9.47 Å². The van der Waals surface area contributed by atoms with Gasteiger partial charge in [0.15, 0.2) is 0 Å². The van der Waals surface area contributed by atoms with E-state index in [0.29, 0.717) is 12.0 Å². The van der Waals surface area contributed by atoms with E-state index < -0.39 is 0 Å². The normalized spacial score (nSPS) is 23.1. The maximum Gasteiger partial charge on any atom is 0.122 e. The summed E-state index contributed by atoms with van der Waals surface area (Å²) >= 11 is 0. The summed E-state index contributed by atoms with van der Waals surface area (Å²) in [7, 11) is 2.24. The van der Waals surface area contributed by atoms with E-state index in [-0.39, 0.29) is 0 Å². The fraction of sp³-hybridized carbons (Fsp3) is 0.478. The van der Waals surface area contributed by atoms with Crippen molar-refractivity contribution in [1.29, 1.82) is 0 Å². The maximum atomic E-state index is 6.08. The Hall–Kier alpha value is -2.00. The molecule has 138 valence electrons. The Labute approximate surface area is 156 Å². The number of piperidine rings is 1. The molecule has 3 heteroatoms. The molecule has 2 aromatic rings. The summed E-state index contributed by atoms with van der Waals surface area (Å²) < 4.78 is 12.1. The Bertz CT molecular complexity index is 715. The molecule has 2 atom stereocenters. The second-order valence-corrected chi connectivity index (χ2v) is 7.66. The third-order valence-corrected chi connectivity index (χ3v) is 5.85. The molecule has 2 heterocycles. The third-order valence-electron chi connectivity index (χ3n) is 5.85. The Balaban J connectivity index is 1.36. The van der Waals surface area contributed by atoms with Gasteiger partial charge in [0.05, 0.1) is 13.2 Å². The van der Waals surface area contributed by atoms with Crippen LogP contribution in [0.5, 0.6) is 11.5 Å². The maximum absolute atomic E-state index is 6.08. The average Bonchev–Trinajstić information content (AvgIpc) is 2.69. The number of ether oxygens (including phenoxy) is 2. The Morgan fingerprint density at radius 3 is 2.85 bits per heavy atom. The molecular weight excluding hydrogens is 322 g/mol. The van der Waals surface area contributed by atoms with Crippen molar-refractivity contribution in [2.24, 2.45) is 0 Å². The Morgan fingerprint density at radius 1 is 1.12 bits per heavy atom. The van der Waals surface area contributed by atoms with Gasteiger partial charge in [-0.1, -0.05) is 36.8 Å². The second-order valence-electron chi connectivity index (χ2n) is 7.66. The highest BCUT2D eigenvalue weighted by molar-refractivity contribution is 5.43. The summed E-state index contributed by atoms with van der Waals surface area (Å²) in [4.78, 5) is 2.48. The van der Waals surface area contributed by atoms with E-state index in [0.717, 1.165) is 37.6 Å². The molecule has 0 bridgehead atoms. The van der Waals surface area contributed by atoms with E-state index in [1.807, 2.05) is 6.07 Å². The van der Waals surface area contributed by atoms with Gasteiger partial charge >= 0.3 is 0 Å². The molecular formula is C23H29NO2. The second kappa shape index (κ2) is 8.13. The first-order valence-corrected chi connectivity index (χ1v) is 9.93. The van der Waals surface area contributed by atoms with Crippen molar-refractivity contribution >= 4 is 0 Å².